The molecule has 66 valence electrons. The maximum atomic E-state index is 11.8. The summed E-state index contributed by atoms with van der Waals surface area (Å²) in [7, 11) is 0. The summed E-state index contributed by atoms with van der Waals surface area (Å²) < 4.78 is 11.8. The molecule has 0 bridgehead atoms. The number of rotatable bonds is 3. The Balaban J connectivity index is 2.07. The summed E-state index contributed by atoms with van der Waals surface area (Å²) in [5.74, 6) is 0. The quantitative estimate of drug-likeness (QED) is 0.664. The minimum absolute atomic E-state index is 0.172. The highest BCUT2D eigenvalue weighted by Crippen LogP contribution is 2.17. The van der Waals surface area contributed by atoms with Crippen molar-refractivity contribution < 1.29 is 4.39 Å². The number of halogens is 2. The SMILES string of the molecule is FCCCN1CCC(Br)CC1. The Kier molecular flexibility index (Phi) is 4.38. The van der Waals surface area contributed by atoms with Crippen LogP contribution in [0.15, 0.2) is 0 Å². The molecule has 0 N–H and O–H groups in total. The molecule has 1 aliphatic rings. The third kappa shape index (κ3) is 3.52. The van der Waals surface area contributed by atoms with Crippen LogP contribution in [0.1, 0.15) is 19.3 Å². The number of hydrogen-bond acceptors (Lipinski definition) is 1. The van der Waals surface area contributed by atoms with Gasteiger partial charge in [0.25, 0.3) is 0 Å². The fourth-order valence-electron chi connectivity index (χ4n) is 1.41. The lowest BCUT2D eigenvalue weighted by Gasteiger charge is -2.28. The zero-order chi connectivity index (χ0) is 8.10. The normalized spacial score (nSPS) is 22.4. The van der Waals surface area contributed by atoms with Gasteiger partial charge in [-0.25, -0.2) is 0 Å². The Bertz CT molecular complexity index is 99.5. The topological polar surface area (TPSA) is 3.24 Å². The maximum absolute atomic E-state index is 11.8. The van der Waals surface area contributed by atoms with Crippen LogP contribution in [-0.2, 0) is 0 Å². The zero-order valence-corrected chi connectivity index (χ0v) is 8.32. The van der Waals surface area contributed by atoms with Gasteiger partial charge in [0.1, 0.15) is 0 Å². The van der Waals surface area contributed by atoms with E-state index in [1.807, 2.05) is 0 Å². The molecule has 0 radical (unpaired) electrons. The molecule has 0 unspecified atom stereocenters. The number of alkyl halides is 2. The average molecular weight is 224 g/mol. The Morgan fingerprint density at radius 2 is 2.00 bits per heavy atom. The van der Waals surface area contributed by atoms with Gasteiger partial charge in [0.05, 0.1) is 6.67 Å². The smallest absolute Gasteiger partial charge is 0.0906 e. The Labute approximate surface area is 76.1 Å². The van der Waals surface area contributed by atoms with Crippen LogP contribution in [-0.4, -0.2) is 36.0 Å². The molecule has 0 aromatic carbocycles. The van der Waals surface area contributed by atoms with Crippen molar-refractivity contribution >= 4 is 15.9 Å². The second-order valence-corrected chi connectivity index (χ2v) is 4.35. The van der Waals surface area contributed by atoms with Crippen LogP contribution in [0.2, 0.25) is 0 Å². The van der Waals surface area contributed by atoms with Crippen molar-refractivity contribution in [1.29, 1.82) is 0 Å². The molecular formula is C8H15BrFN. The molecule has 1 fully saturated rings. The van der Waals surface area contributed by atoms with Crippen molar-refractivity contribution in [2.24, 2.45) is 0 Å². The lowest BCUT2D eigenvalue weighted by atomic mass is 10.1. The van der Waals surface area contributed by atoms with Gasteiger partial charge in [0.15, 0.2) is 0 Å². The summed E-state index contributed by atoms with van der Waals surface area (Å²) in [5.41, 5.74) is 0. The first-order valence-corrected chi connectivity index (χ1v) is 5.17. The highest BCUT2D eigenvalue weighted by Gasteiger charge is 2.15. The lowest BCUT2D eigenvalue weighted by Crippen LogP contribution is -2.34. The van der Waals surface area contributed by atoms with Gasteiger partial charge in [-0.3, -0.25) is 4.39 Å². The first-order valence-electron chi connectivity index (χ1n) is 4.25. The molecule has 1 rings (SSSR count). The van der Waals surface area contributed by atoms with Crippen molar-refractivity contribution in [3.63, 3.8) is 0 Å². The van der Waals surface area contributed by atoms with Gasteiger partial charge in [-0.05, 0) is 32.4 Å². The van der Waals surface area contributed by atoms with Crippen LogP contribution >= 0.6 is 15.9 Å². The average Bonchev–Trinajstić information content (AvgIpc) is 2.04. The van der Waals surface area contributed by atoms with E-state index < -0.39 is 0 Å². The monoisotopic (exact) mass is 223 g/mol. The van der Waals surface area contributed by atoms with E-state index >= 15 is 0 Å². The van der Waals surface area contributed by atoms with Crippen molar-refractivity contribution in [3.8, 4) is 0 Å². The van der Waals surface area contributed by atoms with E-state index in [4.69, 9.17) is 0 Å². The number of hydrogen-bond donors (Lipinski definition) is 0. The molecule has 0 atom stereocenters. The molecule has 11 heavy (non-hydrogen) atoms. The van der Waals surface area contributed by atoms with Gasteiger partial charge in [0.2, 0.25) is 0 Å². The standard InChI is InChI=1S/C8H15BrFN/c9-8-2-6-11(7-3-8)5-1-4-10/h8H,1-7H2. The van der Waals surface area contributed by atoms with Crippen molar-refractivity contribution in [2.75, 3.05) is 26.3 Å². The largest absolute Gasteiger partial charge is 0.303 e. The number of nitrogens with zero attached hydrogens (tertiary/aromatic N) is 1. The lowest BCUT2D eigenvalue weighted by molar-refractivity contribution is 0.224. The van der Waals surface area contributed by atoms with Gasteiger partial charge in [0, 0.05) is 11.4 Å². The van der Waals surface area contributed by atoms with Crippen LogP contribution in [0.25, 0.3) is 0 Å². The van der Waals surface area contributed by atoms with Crippen LogP contribution < -0.4 is 0 Å². The predicted molar refractivity (Wildman–Crippen MR) is 49.0 cm³/mol. The minimum atomic E-state index is -0.172. The van der Waals surface area contributed by atoms with E-state index in [1.54, 1.807) is 0 Å². The molecule has 1 nitrogen and oxygen atoms in total. The fraction of sp³-hybridized carbons (Fsp3) is 1.00. The Morgan fingerprint density at radius 1 is 1.36 bits per heavy atom. The summed E-state index contributed by atoms with van der Waals surface area (Å²) in [6.07, 6.45) is 3.13. The minimum Gasteiger partial charge on any atom is -0.303 e. The first-order chi connectivity index (χ1) is 5.33. The predicted octanol–water partition coefficient (Wildman–Crippen LogP) is 2.21. The summed E-state index contributed by atoms with van der Waals surface area (Å²) >= 11 is 3.58. The molecule has 0 aromatic rings. The molecule has 0 saturated carbocycles. The molecule has 0 amide bonds. The molecule has 1 saturated heterocycles. The fourth-order valence-corrected chi connectivity index (χ4v) is 1.82. The van der Waals surface area contributed by atoms with E-state index in [0.717, 1.165) is 19.6 Å². The van der Waals surface area contributed by atoms with Crippen LogP contribution in [0.5, 0.6) is 0 Å². The Morgan fingerprint density at radius 3 is 2.55 bits per heavy atom. The Hall–Kier alpha value is 0.370. The van der Waals surface area contributed by atoms with Gasteiger partial charge in [-0.2, -0.15) is 0 Å². The third-order valence-corrected chi connectivity index (χ3v) is 3.04. The van der Waals surface area contributed by atoms with Gasteiger partial charge in [-0.15, -0.1) is 0 Å². The van der Waals surface area contributed by atoms with E-state index in [1.165, 1.54) is 12.8 Å². The van der Waals surface area contributed by atoms with Gasteiger partial charge in [-0.1, -0.05) is 15.9 Å². The number of likely N-dealkylation sites (tertiary alicyclic amines) is 1. The van der Waals surface area contributed by atoms with Crippen LogP contribution in [0.3, 0.4) is 0 Å². The van der Waals surface area contributed by atoms with E-state index in [0.29, 0.717) is 11.2 Å². The summed E-state index contributed by atoms with van der Waals surface area (Å²) in [5, 5.41) is 0. The maximum Gasteiger partial charge on any atom is 0.0906 e. The number of piperidine rings is 1. The van der Waals surface area contributed by atoms with Gasteiger partial charge >= 0.3 is 0 Å². The summed E-state index contributed by atoms with van der Waals surface area (Å²) in [6, 6.07) is 0. The van der Waals surface area contributed by atoms with Crippen LogP contribution in [0.4, 0.5) is 4.39 Å². The third-order valence-electron chi connectivity index (χ3n) is 2.13. The molecule has 0 spiro atoms. The highest BCUT2D eigenvalue weighted by atomic mass is 79.9. The highest BCUT2D eigenvalue weighted by molar-refractivity contribution is 9.09. The molecule has 1 aliphatic heterocycles. The molecular weight excluding hydrogens is 209 g/mol. The summed E-state index contributed by atoms with van der Waals surface area (Å²) in [6.45, 7) is 3.04. The van der Waals surface area contributed by atoms with Gasteiger partial charge < -0.3 is 4.90 Å². The van der Waals surface area contributed by atoms with E-state index in [-0.39, 0.29) is 6.67 Å². The van der Waals surface area contributed by atoms with E-state index in [9.17, 15) is 4.39 Å². The molecule has 0 aliphatic carbocycles. The van der Waals surface area contributed by atoms with Crippen molar-refractivity contribution in [2.45, 2.75) is 24.1 Å². The van der Waals surface area contributed by atoms with Crippen LogP contribution in [0, 0.1) is 0 Å². The summed E-state index contributed by atoms with van der Waals surface area (Å²) in [4.78, 5) is 3.04. The molecule has 0 aromatic heterocycles. The van der Waals surface area contributed by atoms with Crippen molar-refractivity contribution in [3.05, 3.63) is 0 Å². The second-order valence-electron chi connectivity index (χ2n) is 3.06. The molecule has 1 heterocycles. The molecule has 3 heteroatoms. The van der Waals surface area contributed by atoms with Crippen molar-refractivity contribution in [1.82, 2.24) is 4.90 Å². The van der Waals surface area contributed by atoms with E-state index in [2.05, 4.69) is 20.8 Å². The first kappa shape index (κ1) is 9.46. The second kappa shape index (κ2) is 5.09. The zero-order valence-electron chi connectivity index (χ0n) is 6.73.